The number of nitrogens with two attached hydrogens (primary N) is 1. The molecule has 1 aromatic rings. The molecular formula is C11H12F3NO2S. The molecule has 1 rings (SSSR count). The molecule has 3 nitrogen and oxygen atoms in total. The van der Waals surface area contributed by atoms with Crippen LogP contribution >= 0.6 is 12.2 Å². The normalized spacial score (nSPS) is 11.3. The van der Waals surface area contributed by atoms with E-state index in [-0.39, 0.29) is 22.9 Å². The zero-order chi connectivity index (χ0) is 13.8. The molecule has 7 heteroatoms. The predicted molar refractivity (Wildman–Crippen MR) is 64.7 cm³/mol. The van der Waals surface area contributed by atoms with E-state index in [2.05, 4.69) is 0 Å². The van der Waals surface area contributed by atoms with Gasteiger partial charge < -0.3 is 15.2 Å². The zero-order valence-corrected chi connectivity index (χ0v) is 10.4. The summed E-state index contributed by atoms with van der Waals surface area (Å²) in [6.45, 7) is 0.523. The topological polar surface area (TPSA) is 44.5 Å². The van der Waals surface area contributed by atoms with Crippen LogP contribution in [0.25, 0.3) is 0 Å². The molecule has 0 heterocycles. The van der Waals surface area contributed by atoms with Crippen molar-refractivity contribution in [2.45, 2.75) is 6.18 Å². The van der Waals surface area contributed by atoms with Crippen molar-refractivity contribution in [3.05, 3.63) is 29.3 Å². The maximum atomic E-state index is 12.5. The van der Waals surface area contributed by atoms with Crippen LogP contribution in [-0.2, 0) is 10.9 Å². The Morgan fingerprint density at radius 1 is 1.33 bits per heavy atom. The summed E-state index contributed by atoms with van der Waals surface area (Å²) in [6, 6.07) is 3.00. The summed E-state index contributed by atoms with van der Waals surface area (Å²) in [5.41, 5.74) is 4.63. The first kappa shape index (κ1) is 14.7. The van der Waals surface area contributed by atoms with Gasteiger partial charge in [-0.05, 0) is 18.2 Å². The molecule has 0 spiro atoms. The molecule has 0 atom stereocenters. The lowest BCUT2D eigenvalue weighted by atomic mass is 10.1. The van der Waals surface area contributed by atoms with E-state index in [0.717, 1.165) is 12.1 Å². The van der Waals surface area contributed by atoms with E-state index in [4.69, 9.17) is 27.4 Å². The molecule has 0 aliphatic heterocycles. The Hall–Kier alpha value is -1.34. The molecule has 0 saturated carbocycles. The third-order valence-electron chi connectivity index (χ3n) is 2.12. The second kappa shape index (κ2) is 6.01. The summed E-state index contributed by atoms with van der Waals surface area (Å²) >= 11 is 4.71. The average Bonchev–Trinajstić information content (AvgIpc) is 2.28. The van der Waals surface area contributed by atoms with Crippen LogP contribution in [-0.4, -0.2) is 25.3 Å². The van der Waals surface area contributed by atoms with Gasteiger partial charge in [0, 0.05) is 7.11 Å². The molecule has 100 valence electrons. The Kier molecular flexibility index (Phi) is 4.92. The number of ether oxygens (including phenoxy) is 2. The third-order valence-corrected chi connectivity index (χ3v) is 2.34. The molecule has 0 aliphatic rings. The largest absolute Gasteiger partial charge is 0.490 e. The van der Waals surface area contributed by atoms with E-state index < -0.39 is 11.7 Å². The molecule has 0 saturated heterocycles. The second-order valence-electron chi connectivity index (χ2n) is 3.41. The van der Waals surface area contributed by atoms with Crippen LogP contribution in [0.1, 0.15) is 11.1 Å². The van der Waals surface area contributed by atoms with E-state index in [1.54, 1.807) is 0 Å². The number of rotatable bonds is 5. The summed E-state index contributed by atoms with van der Waals surface area (Å²) in [6.07, 6.45) is -4.44. The summed E-state index contributed by atoms with van der Waals surface area (Å²) in [5, 5.41) is 0. The van der Waals surface area contributed by atoms with Gasteiger partial charge in [0.05, 0.1) is 17.7 Å². The lowest BCUT2D eigenvalue weighted by Gasteiger charge is -2.13. The van der Waals surface area contributed by atoms with Crippen molar-refractivity contribution < 1.29 is 22.6 Å². The molecule has 0 aliphatic carbocycles. The summed E-state index contributed by atoms with van der Waals surface area (Å²) in [4.78, 5) is -0.145. The number of benzene rings is 1. The van der Waals surface area contributed by atoms with Crippen LogP contribution in [0.2, 0.25) is 0 Å². The zero-order valence-electron chi connectivity index (χ0n) is 9.58. The van der Waals surface area contributed by atoms with Crippen LogP contribution in [0.5, 0.6) is 5.75 Å². The van der Waals surface area contributed by atoms with Crippen molar-refractivity contribution in [3.8, 4) is 5.75 Å². The molecule has 1 aromatic carbocycles. The molecule has 18 heavy (non-hydrogen) atoms. The highest BCUT2D eigenvalue weighted by Gasteiger charge is 2.31. The van der Waals surface area contributed by atoms with E-state index in [1.165, 1.54) is 13.2 Å². The van der Waals surface area contributed by atoms with Gasteiger partial charge in [-0.25, -0.2) is 0 Å². The van der Waals surface area contributed by atoms with Crippen molar-refractivity contribution in [3.63, 3.8) is 0 Å². The van der Waals surface area contributed by atoms with Crippen molar-refractivity contribution in [1.29, 1.82) is 0 Å². The number of hydrogen-bond donors (Lipinski definition) is 1. The second-order valence-corrected chi connectivity index (χ2v) is 3.85. The highest BCUT2D eigenvalue weighted by Crippen LogP contribution is 2.32. The first-order valence-corrected chi connectivity index (χ1v) is 5.40. The Labute approximate surface area is 108 Å². The first-order valence-electron chi connectivity index (χ1n) is 4.99. The van der Waals surface area contributed by atoms with Crippen LogP contribution in [0.3, 0.4) is 0 Å². The van der Waals surface area contributed by atoms with Crippen molar-refractivity contribution in [2.75, 3.05) is 20.3 Å². The van der Waals surface area contributed by atoms with Crippen molar-refractivity contribution in [2.24, 2.45) is 5.73 Å². The van der Waals surface area contributed by atoms with Gasteiger partial charge in [0.1, 0.15) is 17.3 Å². The van der Waals surface area contributed by atoms with E-state index in [9.17, 15) is 13.2 Å². The number of alkyl halides is 3. The van der Waals surface area contributed by atoms with Crippen LogP contribution in [0, 0.1) is 0 Å². The lowest BCUT2D eigenvalue weighted by molar-refractivity contribution is -0.137. The minimum absolute atomic E-state index is 0.0657. The smallest absolute Gasteiger partial charge is 0.416 e. The minimum Gasteiger partial charge on any atom is -0.490 e. The molecule has 0 unspecified atom stereocenters. The first-order chi connectivity index (χ1) is 8.36. The molecular weight excluding hydrogens is 267 g/mol. The van der Waals surface area contributed by atoms with Gasteiger partial charge in [-0.2, -0.15) is 13.2 Å². The maximum Gasteiger partial charge on any atom is 0.416 e. The quantitative estimate of drug-likeness (QED) is 0.664. The average molecular weight is 279 g/mol. The van der Waals surface area contributed by atoms with Gasteiger partial charge in [0.2, 0.25) is 0 Å². The Morgan fingerprint density at radius 3 is 2.50 bits per heavy atom. The maximum absolute atomic E-state index is 12.5. The highest BCUT2D eigenvalue weighted by molar-refractivity contribution is 7.80. The molecule has 2 N–H and O–H groups in total. The van der Waals surface area contributed by atoms with Gasteiger partial charge >= 0.3 is 6.18 Å². The van der Waals surface area contributed by atoms with Crippen LogP contribution < -0.4 is 10.5 Å². The predicted octanol–water partition coefficient (Wildman–Crippen LogP) is 2.36. The van der Waals surface area contributed by atoms with Crippen LogP contribution in [0.4, 0.5) is 13.2 Å². The van der Waals surface area contributed by atoms with Gasteiger partial charge in [0.25, 0.3) is 0 Å². The molecule has 0 radical (unpaired) electrons. The van der Waals surface area contributed by atoms with Crippen molar-refractivity contribution >= 4 is 17.2 Å². The van der Waals surface area contributed by atoms with Gasteiger partial charge in [0.15, 0.2) is 0 Å². The number of methoxy groups -OCH3 is 1. The van der Waals surface area contributed by atoms with E-state index in [0.29, 0.717) is 6.61 Å². The fraction of sp³-hybridized carbons (Fsp3) is 0.364. The standard InChI is InChI=1S/C11H12F3NO2S/c1-16-4-5-17-9-3-2-7(11(12,13)14)6-8(9)10(15)18/h2-3,6H,4-5H2,1H3,(H2,15,18). The Bertz CT molecular complexity index is 435. The Morgan fingerprint density at radius 2 is 2.00 bits per heavy atom. The van der Waals surface area contributed by atoms with Crippen molar-refractivity contribution in [1.82, 2.24) is 0 Å². The highest BCUT2D eigenvalue weighted by atomic mass is 32.1. The monoisotopic (exact) mass is 279 g/mol. The minimum atomic E-state index is -4.44. The lowest BCUT2D eigenvalue weighted by Crippen LogP contribution is -2.15. The van der Waals surface area contributed by atoms with E-state index >= 15 is 0 Å². The number of hydrogen-bond acceptors (Lipinski definition) is 3. The van der Waals surface area contributed by atoms with Gasteiger partial charge in [-0.1, -0.05) is 12.2 Å². The Balaban J connectivity index is 3.01. The summed E-state index contributed by atoms with van der Waals surface area (Å²) < 4.78 is 47.6. The number of halogens is 3. The SMILES string of the molecule is COCCOc1ccc(C(F)(F)F)cc1C(N)=S. The molecule has 0 bridgehead atoms. The summed E-state index contributed by atoms with van der Waals surface area (Å²) in [5.74, 6) is 0.215. The fourth-order valence-electron chi connectivity index (χ4n) is 1.26. The molecule has 0 aromatic heterocycles. The summed E-state index contributed by atoms with van der Waals surface area (Å²) in [7, 11) is 1.49. The fourth-order valence-corrected chi connectivity index (χ4v) is 1.42. The van der Waals surface area contributed by atoms with Gasteiger partial charge in [-0.3, -0.25) is 0 Å². The molecule has 0 amide bonds. The van der Waals surface area contributed by atoms with E-state index in [1.807, 2.05) is 0 Å². The molecule has 0 fully saturated rings. The number of thiocarbonyl (C=S) groups is 1. The third kappa shape index (κ3) is 3.85. The van der Waals surface area contributed by atoms with Gasteiger partial charge in [-0.15, -0.1) is 0 Å². The van der Waals surface area contributed by atoms with Crippen LogP contribution in [0.15, 0.2) is 18.2 Å².